The van der Waals surface area contributed by atoms with E-state index in [9.17, 15) is 4.39 Å². The quantitative estimate of drug-likeness (QED) is 0.847. The summed E-state index contributed by atoms with van der Waals surface area (Å²) in [5.41, 5.74) is 2.10. The molecule has 2 nitrogen and oxygen atoms in total. The van der Waals surface area contributed by atoms with E-state index in [-0.39, 0.29) is 11.6 Å². The summed E-state index contributed by atoms with van der Waals surface area (Å²) in [6.45, 7) is 0.987. The van der Waals surface area contributed by atoms with Crippen molar-refractivity contribution in [3.8, 4) is 11.5 Å². The van der Waals surface area contributed by atoms with E-state index < -0.39 is 0 Å². The summed E-state index contributed by atoms with van der Waals surface area (Å²) < 4.78 is 25.6. The van der Waals surface area contributed by atoms with Crippen molar-refractivity contribution < 1.29 is 13.9 Å². The van der Waals surface area contributed by atoms with Crippen molar-refractivity contribution >= 4 is 15.9 Å². The van der Waals surface area contributed by atoms with Gasteiger partial charge in [0.1, 0.15) is 12.4 Å². The number of halogens is 2. The highest BCUT2D eigenvalue weighted by atomic mass is 79.9. The normalized spacial score (nSPS) is 12.9. The molecular weight excluding hydrogens is 311 g/mol. The van der Waals surface area contributed by atoms with E-state index in [1.54, 1.807) is 18.2 Å². The summed E-state index contributed by atoms with van der Waals surface area (Å²) in [7, 11) is 0. The van der Waals surface area contributed by atoms with Gasteiger partial charge in [0.25, 0.3) is 0 Å². The van der Waals surface area contributed by atoms with Crippen LogP contribution in [-0.4, -0.2) is 6.61 Å². The average molecular weight is 323 g/mol. The maximum Gasteiger partial charge on any atom is 0.165 e. The molecule has 0 aliphatic carbocycles. The van der Waals surface area contributed by atoms with E-state index in [0.717, 1.165) is 22.2 Å². The Morgan fingerprint density at radius 3 is 2.95 bits per heavy atom. The molecule has 1 heterocycles. The van der Waals surface area contributed by atoms with E-state index in [1.165, 1.54) is 11.6 Å². The number of ether oxygens (including phenoxy) is 2. The largest absolute Gasteiger partial charge is 0.493 e. The van der Waals surface area contributed by atoms with Crippen LogP contribution >= 0.6 is 15.9 Å². The second-order valence-electron chi connectivity index (χ2n) is 4.37. The molecule has 98 valence electrons. The van der Waals surface area contributed by atoms with Crippen molar-refractivity contribution in [2.45, 2.75) is 13.0 Å². The molecule has 19 heavy (non-hydrogen) atoms. The van der Waals surface area contributed by atoms with Gasteiger partial charge in [0.05, 0.1) is 6.61 Å². The van der Waals surface area contributed by atoms with Gasteiger partial charge in [0.2, 0.25) is 0 Å². The molecular formula is C15H12BrFO2. The number of benzene rings is 2. The van der Waals surface area contributed by atoms with E-state index in [0.29, 0.717) is 13.2 Å². The second kappa shape index (κ2) is 5.21. The fraction of sp³-hybridized carbons (Fsp3) is 0.200. The third-order valence-corrected chi connectivity index (χ3v) is 3.50. The first-order valence-corrected chi connectivity index (χ1v) is 6.85. The van der Waals surface area contributed by atoms with Crippen LogP contribution < -0.4 is 9.47 Å². The third-order valence-electron chi connectivity index (χ3n) is 3.05. The molecule has 0 aromatic heterocycles. The smallest absolute Gasteiger partial charge is 0.165 e. The Labute approximate surface area is 119 Å². The Bertz CT molecular complexity index is 613. The minimum atomic E-state index is -0.352. The van der Waals surface area contributed by atoms with Crippen LogP contribution in [0.3, 0.4) is 0 Å². The summed E-state index contributed by atoms with van der Waals surface area (Å²) in [5.74, 6) is 0.781. The van der Waals surface area contributed by atoms with E-state index in [4.69, 9.17) is 9.47 Å². The van der Waals surface area contributed by atoms with Crippen LogP contribution in [0.2, 0.25) is 0 Å². The summed E-state index contributed by atoms with van der Waals surface area (Å²) in [5, 5.41) is 0. The molecule has 1 aliphatic heterocycles. The van der Waals surface area contributed by atoms with Crippen molar-refractivity contribution in [1.82, 2.24) is 0 Å². The number of para-hydroxylation sites is 1. The zero-order valence-corrected chi connectivity index (χ0v) is 11.7. The Hall–Kier alpha value is -1.55. The molecule has 0 unspecified atom stereocenters. The first-order valence-electron chi connectivity index (χ1n) is 6.05. The van der Waals surface area contributed by atoms with Gasteiger partial charge in [-0.15, -0.1) is 0 Å². The Kier molecular flexibility index (Phi) is 3.42. The van der Waals surface area contributed by atoms with Crippen molar-refractivity contribution in [2.75, 3.05) is 6.61 Å². The lowest BCUT2D eigenvalue weighted by molar-refractivity contribution is 0.279. The summed E-state index contributed by atoms with van der Waals surface area (Å²) >= 11 is 3.47. The van der Waals surface area contributed by atoms with Gasteiger partial charge in [-0.2, -0.15) is 0 Å². The fourth-order valence-corrected chi connectivity index (χ4v) is 2.72. The van der Waals surface area contributed by atoms with Crippen LogP contribution in [-0.2, 0) is 13.0 Å². The molecule has 0 spiro atoms. The SMILES string of the molecule is Fc1ccccc1OCc1cc(Br)cc2c1OCC2. The van der Waals surface area contributed by atoms with Crippen LogP contribution in [0.15, 0.2) is 40.9 Å². The summed E-state index contributed by atoms with van der Waals surface area (Å²) in [6, 6.07) is 10.4. The van der Waals surface area contributed by atoms with Crippen LogP contribution in [0.5, 0.6) is 11.5 Å². The molecule has 4 heteroatoms. The average Bonchev–Trinajstić information content (AvgIpc) is 2.85. The number of hydrogen-bond donors (Lipinski definition) is 0. The molecule has 1 aliphatic rings. The van der Waals surface area contributed by atoms with Gasteiger partial charge < -0.3 is 9.47 Å². The van der Waals surface area contributed by atoms with Gasteiger partial charge in [0.15, 0.2) is 11.6 Å². The van der Waals surface area contributed by atoms with Crippen molar-refractivity contribution in [3.63, 3.8) is 0 Å². The monoisotopic (exact) mass is 322 g/mol. The standard InChI is InChI=1S/C15H12BrFO2/c16-12-7-10-5-6-18-15(10)11(8-12)9-19-14-4-2-1-3-13(14)17/h1-4,7-8H,5-6,9H2. The number of hydrogen-bond acceptors (Lipinski definition) is 2. The molecule has 0 atom stereocenters. The Morgan fingerprint density at radius 1 is 1.26 bits per heavy atom. The zero-order valence-electron chi connectivity index (χ0n) is 10.2. The lowest BCUT2D eigenvalue weighted by Gasteiger charge is -2.11. The third kappa shape index (κ3) is 2.59. The first kappa shape index (κ1) is 12.5. The van der Waals surface area contributed by atoms with Gasteiger partial charge in [-0.25, -0.2) is 4.39 Å². The topological polar surface area (TPSA) is 18.5 Å². The highest BCUT2D eigenvalue weighted by Gasteiger charge is 2.18. The molecule has 3 rings (SSSR count). The summed E-state index contributed by atoms with van der Waals surface area (Å²) in [4.78, 5) is 0. The summed E-state index contributed by atoms with van der Waals surface area (Å²) in [6.07, 6.45) is 0.904. The second-order valence-corrected chi connectivity index (χ2v) is 5.29. The van der Waals surface area contributed by atoms with Crippen LogP contribution in [0.25, 0.3) is 0 Å². The lowest BCUT2D eigenvalue weighted by Crippen LogP contribution is -2.00. The molecule has 0 N–H and O–H groups in total. The number of fused-ring (bicyclic) bond motifs is 1. The number of rotatable bonds is 3. The van der Waals surface area contributed by atoms with Crippen molar-refractivity contribution in [1.29, 1.82) is 0 Å². The van der Waals surface area contributed by atoms with E-state index in [1.807, 2.05) is 6.07 Å². The van der Waals surface area contributed by atoms with Gasteiger partial charge in [-0.05, 0) is 29.8 Å². The molecule has 0 radical (unpaired) electrons. The van der Waals surface area contributed by atoms with Gasteiger partial charge >= 0.3 is 0 Å². The molecule has 0 bridgehead atoms. The van der Waals surface area contributed by atoms with Crippen LogP contribution in [0.1, 0.15) is 11.1 Å². The molecule has 0 fully saturated rings. The highest BCUT2D eigenvalue weighted by Crippen LogP contribution is 2.33. The molecule has 0 amide bonds. The Morgan fingerprint density at radius 2 is 2.11 bits per heavy atom. The molecule has 2 aromatic rings. The molecule has 0 saturated heterocycles. The van der Waals surface area contributed by atoms with Crippen molar-refractivity contribution in [2.24, 2.45) is 0 Å². The minimum Gasteiger partial charge on any atom is -0.493 e. The van der Waals surface area contributed by atoms with Gasteiger partial charge in [-0.1, -0.05) is 28.1 Å². The van der Waals surface area contributed by atoms with E-state index >= 15 is 0 Å². The van der Waals surface area contributed by atoms with Crippen LogP contribution in [0, 0.1) is 5.82 Å². The minimum absolute atomic E-state index is 0.259. The van der Waals surface area contributed by atoms with E-state index in [2.05, 4.69) is 22.0 Å². The van der Waals surface area contributed by atoms with Gasteiger partial charge in [0, 0.05) is 16.5 Å². The lowest BCUT2D eigenvalue weighted by atomic mass is 10.1. The molecule has 0 saturated carbocycles. The maximum absolute atomic E-state index is 13.5. The predicted molar refractivity (Wildman–Crippen MR) is 74.1 cm³/mol. The Balaban J connectivity index is 1.83. The van der Waals surface area contributed by atoms with Crippen molar-refractivity contribution in [3.05, 3.63) is 57.8 Å². The maximum atomic E-state index is 13.5. The molecule has 2 aromatic carbocycles. The fourth-order valence-electron chi connectivity index (χ4n) is 2.17. The van der Waals surface area contributed by atoms with Crippen LogP contribution in [0.4, 0.5) is 4.39 Å². The predicted octanol–water partition coefficient (Wildman–Crippen LogP) is 4.10. The first-order chi connectivity index (χ1) is 9.24. The zero-order chi connectivity index (χ0) is 13.2. The highest BCUT2D eigenvalue weighted by molar-refractivity contribution is 9.10. The van der Waals surface area contributed by atoms with Gasteiger partial charge in [-0.3, -0.25) is 0 Å².